The highest BCUT2D eigenvalue weighted by atomic mass is 16.4. The maximum absolute atomic E-state index is 11.7. The summed E-state index contributed by atoms with van der Waals surface area (Å²) in [5.74, 6) is -0.0220. The lowest BCUT2D eigenvalue weighted by atomic mass is 9.69. The first-order valence-corrected chi connectivity index (χ1v) is 7.50. The highest BCUT2D eigenvalue weighted by molar-refractivity contribution is 5.75. The zero-order chi connectivity index (χ0) is 13.6. The molecule has 0 heterocycles. The summed E-state index contributed by atoms with van der Waals surface area (Å²) in [6.07, 6.45) is 6.18. The van der Waals surface area contributed by atoms with E-state index >= 15 is 0 Å². The molecule has 0 radical (unpaired) electrons. The number of hydrogen-bond acceptors (Lipinski definition) is 2. The molecule has 1 aliphatic carbocycles. The van der Waals surface area contributed by atoms with Gasteiger partial charge in [0.15, 0.2) is 0 Å². The molecule has 1 fully saturated rings. The lowest BCUT2D eigenvalue weighted by molar-refractivity contribution is -0.153. The second-order valence-corrected chi connectivity index (χ2v) is 6.06. The SMILES string of the molecule is CCCN(CCC)CC1(C(=O)O)CCCC(C)C1. The molecule has 1 rings (SSSR count). The van der Waals surface area contributed by atoms with Crippen LogP contribution in [0.15, 0.2) is 0 Å². The van der Waals surface area contributed by atoms with Gasteiger partial charge in [-0.3, -0.25) is 4.79 Å². The van der Waals surface area contributed by atoms with Gasteiger partial charge in [-0.1, -0.05) is 33.6 Å². The van der Waals surface area contributed by atoms with Gasteiger partial charge in [0.1, 0.15) is 0 Å². The van der Waals surface area contributed by atoms with Gasteiger partial charge in [-0.05, 0) is 44.7 Å². The van der Waals surface area contributed by atoms with Crippen LogP contribution < -0.4 is 0 Å². The Morgan fingerprint density at radius 1 is 1.33 bits per heavy atom. The number of aliphatic carboxylic acids is 1. The summed E-state index contributed by atoms with van der Waals surface area (Å²) in [6.45, 7) is 9.32. The Morgan fingerprint density at radius 3 is 2.39 bits per heavy atom. The molecule has 3 nitrogen and oxygen atoms in total. The second-order valence-electron chi connectivity index (χ2n) is 6.06. The molecule has 18 heavy (non-hydrogen) atoms. The predicted molar refractivity (Wildman–Crippen MR) is 74.7 cm³/mol. The maximum atomic E-state index is 11.7. The van der Waals surface area contributed by atoms with Gasteiger partial charge in [-0.25, -0.2) is 0 Å². The van der Waals surface area contributed by atoms with Gasteiger partial charge in [-0.2, -0.15) is 0 Å². The molecule has 2 atom stereocenters. The molecular weight excluding hydrogens is 226 g/mol. The van der Waals surface area contributed by atoms with Crippen molar-refractivity contribution in [1.29, 1.82) is 0 Å². The third kappa shape index (κ3) is 3.98. The molecule has 106 valence electrons. The van der Waals surface area contributed by atoms with E-state index in [4.69, 9.17) is 0 Å². The highest BCUT2D eigenvalue weighted by Crippen LogP contribution is 2.40. The van der Waals surface area contributed by atoms with Crippen LogP contribution >= 0.6 is 0 Å². The molecule has 1 aliphatic rings. The number of carboxylic acids is 1. The summed E-state index contributed by atoms with van der Waals surface area (Å²) in [5.41, 5.74) is -0.484. The van der Waals surface area contributed by atoms with E-state index in [-0.39, 0.29) is 0 Å². The molecule has 1 saturated carbocycles. The molecule has 1 N–H and O–H groups in total. The van der Waals surface area contributed by atoms with Crippen molar-refractivity contribution in [2.24, 2.45) is 11.3 Å². The number of carboxylic acid groups (broad SMARTS) is 1. The smallest absolute Gasteiger partial charge is 0.310 e. The summed E-state index contributed by atoms with van der Waals surface area (Å²) < 4.78 is 0. The number of carbonyl (C=O) groups is 1. The topological polar surface area (TPSA) is 40.5 Å². The van der Waals surface area contributed by atoms with Gasteiger partial charge in [0.2, 0.25) is 0 Å². The Hall–Kier alpha value is -0.570. The van der Waals surface area contributed by atoms with Crippen molar-refractivity contribution in [3.8, 4) is 0 Å². The lowest BCUT2D eigenvalue weighted by Gasteiger charge is -2.40. The fourth-order valence-electron chi connectivity index (χ4n) is 3.40. The van der Waals surface area contributed by atoms with E-state index in [1.54, 1.807) is 0 Å². The monoisotopic (exact) mass is 255 g/mol. The first kappa shape index (κ1) is 15.5. The van der Waals surface area contributed by atoms with E-state index in [1.165, 1.54) is 6.42 Å². The molecule has 0 amide bonds. The predicted octanol–water partition coefficient (Wildman–Crippen LogP) is 3.39. The quantitative estimate of drug-likeness (QED) is 0.758. The van der Waals surface area contributed by atoms with Gasteiger partial charge >= 0.3 is 5.97 Å². The normalized spacial score (nSPS) is 28.6. The van der Waals surface area contributed by atoms with E-state index in [1.807, 2.05) is 0 Å². The van der Waals surface area contributed by atoms with Gasteiger partial charge in [-0.15, -0.1) is 0 Å². The molecule has 0 aliphatic heterocycles. The van der Waals surface area contributed by atoms with Crippen LogP contribution in [-0.4, -0.2) is 35.6 Å². The van der Waals surface area contributed by atoms with Crippen LogP contribution in [0.1, 0.15) is 59.3 Å². The van der Waals surface area contributed by atoms with Gasteiger partial charge in [0.05, 0.1) is 5.41 Å². The Balaban J connectivity index is 2.73. The Labute approximate surface area is 112 Å². The summed E-state index contributed by atoms with van der Waals surface area (Å²) in [5, 5.41) is 9.67. The summed E-state index contributed by atoms with van der Waals surface area (Å²) in [4.78, 5) is 14.1. The average Bonchev–Trinajstić information content (AvgIpc) is 2.29. The van der Waals surface area contributed by atoms with E-state index in [0.29, 0.717) is 5.92 Å². The van der Waals surface area contributed by atoms with Crippen LogP contribution in [-0.2, 0) is 4.79 Å². The first-order valence-electron chi connectivity index (χ1n) is 7.50. The Bertz CT molecular complexity index is 261. The van der Waals surface area contributed by atoms with Gasteiger partial charge < -0.3 is 10.0 Å². The molecule has 3 heteroatoms. The Morgan fingerprint density at radius 2 is 1.94 bits per heavy atom. The largest absolute Gasteiger partial charge is 0.481 e. The van der Waals surface area contributed by atoms with Crippen molar-refractivity contribution in [3.05, 3.63) is 0 Å². The van der Waals surface area contributed by atoms with Crippen LogP contribution in [0.2, 0.25) is 0 Å². The number of nitrogens with zero attached hydrogens (tertiary/aromatic N) is 1. The summed E-state index contributed by atoms with van der Waals surface area (Å²) in [7, 11) is 0. The molecule has 0 aromatic carbocycles. The minimum atomic E-state index is -0.578. The maximum Gasteiger partial charge on any atom is 0.310 e. The van der Waals surface area contributed by atoms with Crippen molar-refractivity contribution < 1.29 is 9.90 Å². The fraction of sp³-hybridized carbons (Fsp3) is 0.933. The van der Waals surface area contributed by atoms with E-state index in [2.05, 4.69) is 25.7 Å². The zero-order valence-corrected chi connectivity index (χ0v) is 12.2. The molecule has 0 saturated heterocycles. The van der Waals surface area contributed by atoms with Crippen LogP contribution in [0.3, 0.4) is 0 Å². The van der Waals surface area contributed by atoms with E-state index in [9.17, 15) is 9.90 Å². The van der Waals surface area contributed by atoms with Crippen molar-refractivity contribution in [2.75, 3.05) is 19.6 Å². The molecule has 2 unspecified atom stereocenters. The third-order valence-corrected chi connectivity index (χ3v) is 4.15. The lowest BCUT2D eigenvalue weighted by Crippen LogP contribution is -2.46. The van der Waals surface area contributed by atoms with Crippen molar-refractivity contribution in [1.82, 2.24) is 4.90 Å². The van der Waals surface area contributed by atoms with E-state index in [0.717, 1.165) is 51.7 Å². The van der Waals surface area contributed by atoms with Crippen molar-refractivity contribution >= 4 is 5.97 Å². The van der Waals surface area contributed by atoms with Crippen molar-refractivity contribution in [3.63, 3.8) is 0 Å². The molecule has 0 bridgehead atoms. The highest BCUT2D eigenvalue weighted by Gasteiger charge is 2.42. The van der Waals surface area contributed by atoms with Crippen LogP contribution in [0.4, 0.5) is 0 Å². The fourth-order valence-corrected chi connectivity index (χ4v) is 3.40. The minimum absolute atomic E-state index is 0.484. The van der Waals surface area contributed by atoms with Crippen molar-refractivity contribution in [2.45, 2.75) is 59.3 Å². The van der Waals surface area contributed by atoms with Gasteiger partial charge in [0.25, 0.3) is 0 Å². The van der Waals surface area contributed by atoms with Gasteiger partial charge in [0, 0.05) is 6.54 Å². The molecular formula is C15H29NO2. The van der Waals surface area contributed by atoms with Crippen LogP contribution in [0.25, 0.3) is 0 Å². The minimum Gasteiger partial charge on any atom is -0.481 e. The molecule has 0 spiro atoms. The van der Waals surface area contributed by atoms with E-state index < -0.39 is 11.4 Å². The molecule has 0 aromatic heterocycles. The second kappa shape index (κ2) is 7.13. The van der Waals surface area contributed by atoms with Crippen LogP contribution in [0, 0.1) is 11.3 Å². The van der Waals surface area contributed by atoms with Crippen LogP contribution in [0.5, 0.6) is 0 Å². The zero-order valence-electron chi connectivity index (χ0n) is 12.2. The number of hydrogen-bond donors (Lipinski definition) is 1. The average molecular weight is 255 g/mol. The first-order chi connectivity index (χ1) is 8.54. The molecule has 0 aromatic rings. The number of rotatable bonds is 7. The summed E-state index contributed by atoms with van der Waals surface area (Å²) >= 11 is 0. The Kier molecular flexibility index (Phi) is 6.13. The third-order valence-electron chi connectivity index (χ3n) is 4.15. The standard InChI is InChI=1S/C15H29NO2/c1-4-9-16(10-5-2)12-15(14(17)18)8-6-7-13(3)11-15/h13H,4-12H2,1-3H3,(H,17,18). The summed E-state index contributed by atoms with van der Waals surface area (Å²) in [6, 6.07) is 0.